The van der Waals surface area contributed by atoms with Crippen molar-refractivity contribution in [3.63, 3.8) is 0 Å². The van der Waals surface area contributed by atoms with Gasteiger partial charge in [-0.25, -0.2) is 8.78 Å². The van der Waals surface area contributed by atoms with E-state index in [9.17, 15) is 8.78 Å². The Hall–Kier alpha value is -3.02. The number of aromatic nitrogens is 2. The van der Waals surface area contributed by atoms with Crippen LogP contribution in [0.1, 0.15) is 23.2 Å². The molecular formula is C20H18F2N4. The monoisotopic (exact) mass is 352 g/mol. The van der Waals surface area contributed by atoms with Crippen LogP contribution in [0.15, 0.2) is 41.4 Å². The van der Waals surface area contributed by atoms with Crippen LogP contribution in [0.4, 0.5) is 8.78 Å². The maximum Gasteiger partial charge on any atom is 0.149 e. The van der Waals surface area contributed by atoms with Crippen molar-refractivity contribution in [1.82, 2.24) is 15.1 Å². The predicted octanol–water partition coefficient (Wildman–Crippen LogP) is 4.09. The molecule has 0 spiro atoms. The van der Waals surface area contributed by atoms with Gasteiger partial charge in [-0.3, -0.25) is 10.1 Å². The Morgan fingerprint density at radius 3 is 2.69 bits per heavy atom. The normalized spacial score (nSPS) is 15.0. The van der Waals surface area contributed by atoms with Crippen LogP contribution >= 0.6 is 0 Å². The Labute approximate surface area is 149 Å². The molecular weight excluding hydrogens is 334 g/mol. The van der Waals surface area contributed by atoms with Crippen molar-refractivity contribution >= 4 is 28.9 Å². The largest absolute Gasteiger partial charge is 0.359 e. The van der Waals surface area contributed by atoms with E-state index in [0.29, 0.717) is 16.6 Å². The summed E-state index contributed by atoms with van der Waals surface area (Å²) in [7, 11) is 1.96. The third-order valence-corrected chi connectivity index (χ3v) is 4.49. The van der Waals surface area contributed by atoms with Crippen LogP contribution in [-0.2, 0) is 0 Å². The molecule has 4 nitrogen and oxygen atoms in total. The first-order valence-corrected chi connectivity index (χ1v) is 8.49. The minimum Gasteiger partial charge on any atom is -0.359 e. The molecule has 0 amide bonds. The first kappa shape index (κ1) is 16.4. The lowest BCUT2D eigenvalue weighted by Crippen LogP contribution is -2.32. The standard InChI is InChI=1S/C20H18F2N4/c1-26-10-2-9-23-20(26)14-11-16-18(24-25-19(16)17(22)12-14)8-5-13-3-6-15(21)7-4-13/h3-8,11-12H,2,9-10H2,1H3,(H,24,25)/b8-5+. The summed E-state index contributed by atoms with van der Waals surface area (Å²) in [4.78, 5) is 6.58. The van der Waals surface area contributed by atoms with Gasteiger partial charge in [-0.05, 0) is 42.3 Å². The third-order valence-electron chi connectivity index (χ3n) is 4.49. The number of aromatic amines is 1. The number of hydrogen-bond donors (Lipinski definition) is 1. The molecule has 0 saturated carbocycles. The first-order valence-electron chi connectivity index (χ1n) is 8.49. The molecule has 132 valence electrons. The second kappa shape index (κ2) is 6.71. The molecule has 26 heavy (non-hydrogen) atoms. The fourth-order valence-electron chi connectivity index (χ4n) is 3.14. The van der Waals surface area contributed by atoms with Crippen molar-refractivity contribution in [3.05, 3.63) is 64.9 Å². The molecule has 2 aromatic carbocycles. The number of fused-ring (bicyclic) bond motifs is 1. The van der Waals surface area contributed by atoms with Crippen molar-refractivity contribution in [3.8, 4) is 0 Å². The highest BCUT2D eigenvalue weighted by atomic mass is 19.1. The number of halogens is 2. The number of amidine groups is 1. The number of nitrogens with one attached hydrogen (secondary N) is 1. The zero-order chi connectivity index (χ0) is 18.1. The Bertz CT molecular complexity index is 1000. The molecule has 1 aliphatic rings. The van der Waals surface area contributed by atoms with Crippen molar-refractivity contribution in [2.75, 3.05) is 20.1 Å². The topological polar surface area (TPSA) is 44.3 Å². The lowest BCUT2D eigenvalue weighted by atomic mass is 10.1. The zero-order valence-electron chi connectivity index (χ0n) is 14.3. The summed E-state index contributed by atoms with van der Waals surface area (Å²) in [6.07, 6.45) is 4.62. The third kappa shape index (κ3) is 3.10. The van der Waals surface area contributed by atoms with Gasteiger partial charge in [0.1, 0.15) is 23.0 Å². The maximum absolute atomic E-state index is 14.5. The lowest BCUT2D eigenvalue weighted by molar-refractivity contribution is 0.468. The molecule has 0 radical (unpaired) electrons. The molecule has 6 heteroatoms. The van der Waals surface area contributed by atoms with Gasteiger partial charge < -0.3 is 4.90 Å². The van der Waals surface area contributed by atoms with Crippen molar-refractivity contribution in [1.29, 1.82) is 0 Å². The van der Waals surface area contributed by atoms with Crippen LogP contribution in [-0.4, -0.2) is 41.1 Å². The molecule has 0 atom stereocenters. The zero-order valence-corrected chi connectivity index (χ0v) is 14.3. The summed E-state index contributed by atoms with van der Waals surface area (Å²) in [5.74, 6) is 0.163. The molecule has 0 saturated heterocycles. The Morgan fingerprint density at radius 1 is 1.12 bits per heavy atom. The van der Waals surface area contributed by atoms with E-state index in [-0.39, 0.29) is 11.6 Å². The first-order chi connectivity index (χ1) is 12.6. The van der Waals surface area contributed by atoms with E-state index in [2.05, 4.69) is 15.2 Å². The Kier molecular flexibility index (Phi) is 4.24. The summed E-state index contributed by atoms with van der Waals surface area (Å²) >= 11 is 0. The number of nitrogens with zero attached hydrogens (tertiary/aromatic N) is 3. The van der Waals surface area contributed by atoms with E-state index < -0.39 is 0 Å². The van der Waals surface area contributed by atoms with Gasteiger partial charge >= 0.3 is 0 Å². The van der Waals surface area contributed by atoms with Gasteiger partial charge in [-0.15, -0.1) is 0 Å². The van der Waals surface area contributed by atoms with Crippen LogP contribution < -0.4 is 0 Å². The highest BCUT2D eigenvalue weighted by Crippen LogP contribution is 2.24. The molecule has 1 N–H and O–H groups in total. The van der Waals surface area contributed by atoms with Gasteiger partial charge in [0, 0.05) is 31.1 Å². The highest BCUT2D eigenvalue weighted by Gasteiger charge is 2.17. The average molecular weight is 352 g/mol. The fraction of sp³-hybridized carbons (Fsp3) is 0.200. The molecule has 1 aromatic heterocycles. The van der Waals surface area contributed by atoms with Crippen LogP contribution in [0.2, 0.25) is 0 Å². The number of benzene rings is 2. The second-order valence-corrected chi connectivity index (χ2v) is 6.35. The smallest absolute Gasteiger partial charge is 0.149 e. The summed E-state index contributed by atoms with van der Waals surface area (Å²) < 4.78 is 27.5. The highest BCUT2D eigenvalue weighted by molar-refractivity contribution is 6.03. The molecule has 1 aliphatic heterocycles. The van der Waals surface area contributed by atoms with E-state index in [1.54, 1.807) is 18.2 Å². The molecule has 2 heterocycles. The summed E-state index contributed by atoms with van der Waals surface area (Å²) in [6.45, 7) is 1.66. The number of aliphatic imine (C=N–C) groups is 1. The van der Waals surface area contributed by atoms with Gasteiger partial charge in [-0.1, -0.05) is 18.2 Å². The quantitative estimate of drug-likeness (QED) is 0.771. The minimum absolute atomic E-state index is 0.281. The lowest BCUT2D eigenvalue weighted by Gasteiger charge is -2.25. The number of H-pyrrole nitrogens is 1. The Balaban J connectivity index is 1.74. The van der Waals surface area contributed by atoms with Crippen molar-refractivity contribution in [2.45, 2.75) is 6.42 Å². The number of rotatable bonds is 3. The van der Waals surface area contributed by atoms with Gasteiger partial charge in [-0.2, -0.15) is 5.10 Å². The maximum atomic E-state index is 14.5. The van der Waals surface area contributed by atoms with E-state index in [0.717, 1.165) is 36.5 Å². The fourth-order valence-corrected chi connectivity index (χ4v) is 3.14. The SMILES string of the molecule is CN1CCCN=C1c1cc(F)c2[nH]nc(/C=C/c3ccc(F)cc3)c2c1. The number of hydrogen-bond acceptors (Lipinski definition) is 3. The second-order valence-electron chi connectivity index (χ2n) is 6.35. The van der Waals surface area contributed by atoms with Gasteiger partial charge in [0.25, 0.3) is 0 Å². The summed E-state index contributed by atoms with van der Waals surface area (Å²) in [5.41, 5.74) is 2.58. The minimum atomic E-state index is -0.354. The van der Waals surface area contributed by atoms with Crippen LogP contribution in [0, 0.1) is 11.6 Å². The molecule has 0 bridgehead atoms. The average Bonchev–Trinajstić information content (AvgIpc) is 3.05. The predicted molar refractivity (Wildman–Crippen MR) is 100 cm³/mol. The van der Waals surface area contributed by atoms with E-state index in [4.69, 9.17) is 0 Å². The van der Waals surface area contributed by atoms with Crippen LogP contribution in [0.25, 0.3) is 23.1 Å². The van der Waals surface area contributed by atoms with Gasteiger partial charge in [0.15, 0.2) is 0 Å². The van der Waals surface area contributed by atoms with Crippen LogP contribution in [0.3, 0.4) is 0 Å². The van der Waals surface area contributed by atoms with Crippen LogP contribution in [0.5, 0.6) is 0 Å². The summed E-state index contributed by atoms with van der Waals surface area (Å²) in [6, 6.07) is 9.56. The van der Waals surface area contributed by atoms with Crippen molar-refractivity contribution < 1.29 is 8.78 Å². The molecule has 0 aliphatic carbocycles. The Morgan fingerprint density at radius 2 is 1.92 bits per heavy atom. The van der Waals surface area contributed by atoms with Gasteiger partial charge in [0.2, 0.25) is 0 Å². The summed E-state index contributed by atoms with van der Waals surface area (Å²) in [5, 5.41) is 7.66. The van der Waals surface area contributed by atoms with Gasteiger partial charge in [0.05, 0.1) is 5.69 Å². The van der Waals surface area contributed by atoms with Crippen molar-refractivity contribution in [2.24, 2.45) is 4.99 Å². The molecule has 3 aromatic rings. The molecule has 0 unspecified atom stereocenters. The van der Waals surface area contributed by atoms with E-state index >= 15 is 0 Å². The van der Waals surface area contributed by atoms with E-state index in [1.807, 2.05) is 24.1 Å². The van der Waals surface area contributed by atoms with E-state index in [1.165, 1.54) is 18.2 Å². The molecule has 4 rings (SSSR count). The molecule has 0 fully saturated rings.